The van der Waals surface area contributed by atoms with E-state index < -0.39 is 0 Å². The van der Waals surface area contributed by atoms with Crippen molar-refractivity contribution in [1.29, 1.82) is 0 Å². The van der Waals surface area contributed by atoms with Crippen molar-refractivity contribution < 1.29 is 9.59 Å². The number of nitrogens with zero attached hydrogens (tertiary/aromatic N) is 1. The van der Waals surface area contributed by atoms with Crippen molar-refractivity contribution in [3.8, 4) is 0 Å². The van der Waals surface area contributed by atoms with Gasteiger partial charge < -0.3 is 0 Å². The van der Waals surface area contributed by atoms with Gasteiger partial charge in [-0.15, -0.1) is 0 Å². The molecule has 0 spiro atoms. The Morgan fingerprint density at radius 2 is 1.60 bits per heavy atom. The molecule has 3 aliphatic rings. The molecule has 0 saturated heterocycles. The second kappa shape index (κ2) is 4.71. The maximum absolute atomic E-state index is 12.1. The van der Waals surface area contributed by atoms with Gasteiger partial charge in [-0.25, -0.2) is 0 Å². The van der Waals surface area contributed by atoms with E-state index in [4.69, 9.17) is 0 Å². The van der Waals surface area contributed by atoms with Gasteiger partial charge in [0.2, 0.25) is 0 Å². The number of imide groups is 1. The zero-order valence-corrected chi connectivity index (χ0v) is 13.0. The highest BCUT2D eigenvalue weighted by atomic mass is 16.2. The molecular weight excluding hydrogens is 250 g/mol. The molecule has 0 aromatic carbocycles. The summed E-state index contributed by atoms with van der Waals surface area (Å²) in [5.74, 6) is 3.94. The highest BCUT2D eigenvalue weighted by molar-refractivity contribution is 6.18. The average Bonchev–Trinajstić information content (AvgIpc) is 3.02. The highest BCUT2D eigenvalue weighted by Gasteiger charge is 2.48. The third-order valence-electron chi connectivity index (χ3n) is 6.45. The SMILES string of the molecule is CC1=C(C)C(=O)N(CCC2CC3CC2C(C)C3C)C1=O. The van der Waals surface area contributed by atoms with Gasteiger partial charge in [0.05, 0.1) is 0 Å². The molecule has 2 saturated carbocycles. The zero-order valence-electron chi connectivity index (χ0n) is 13.0. The van der Waals surface area contributed by atoms with Crippen LogP contribution in [0.4, 0.5) is 0 Å². The van der Waals surface area contributed by atoms with Crippen LogP contribution in [0, 0.1) is 29.6 Å². The highest BCUT2D eigenvalue weighted by Crippen LogP contribution is 2.55. The first-order valence-corrected chi connectivity index (χ1v) is 7.95. The van der Waals surface area contributed by atoms with Gasteiger partial charge in [0.1, 0.15) is 0 Å². The smallest absolute Gasteiger partial charge is 0.256 e. The van der Waals surface area contributed by atoms with Gasteiger partial charge in [0, 0.05) is 17.7 Å². The normalized spacial score (nSPS) is 40.4. The lowest BCUT2D eigenvalue weighted by Gasteiger charge is -2.32. The third-order valence-corrected chi connectivity index (χ3v) is 6.45. The fourth-order valence-electron chi connectivity index (χ4n) is 4.74. The molecule has 2 amide bonds. The maximum Gasteiger partial charge on any atom is 0.256 e. The minimum Gasteiger partial charge on any atom is -0.275 e. The first kappa shape index (κ1) is 13.8. The Balaban J connectivity index is 1.60. The predicted octanol–water partition coefficient (Wildman–Crippen LogP) is 3.01. The lowest BCUT2D eigenvalue weighted by molar-refractivity contribution is -0.137. The fraction of sp³-hybridized carbons (Fsp3) is 0.765. The minimum atomic E-state index is -0.0722. The molecule has 0 N–H and O–H groups in total. The Hall–Kier alpha value is -1.12. The summed E-state index contributed by atoms with van der Waals surface area (Å²) in [6, 6.07) is 0. The Labute approximate surface area is 121 Å². The number of hydrogen-bond donors (Lipinski definition) is 0. The molecule has 1 heterocycles. The molecule has 2 fully saturated rings. The van der Waals surface area contributed by atoms with Crippen molar-refractivity contribution in [2.24, 2.45) is 29.6 Å². The molecule has 2 bridgehead atoms. The van der Waals surface area contributed by atoms with Gasteiger partial charge in [0.25, 0.3) is 11.8 Å². The van der Waals surface area contributed by atoms with E-state index in [-0.39, 0.29) is 11.8 Å². The molecule has 5 atom stereocenters. The molecule has 3 rings (SSSR count). The summed E-state index contributed by atoms with van der Waals surface area (Å²) in [4.78, 5) is 25.6. The van der Waals surface area contributed by atoms with E-state index in [1.165, 1.54) is 17.7 Å². The van der Waals surface area contributed by atoms with E-state index in [1.54, 1.807) is 13.8 Å². The Bertz CT molecular complexity index is 467. The molecule has 0 radical (unpaired) electrons. The first-order valence-electron chi connectivity index (χ1n) is 7.95. The second-order valence-electron chi connectivity index (χ2n) is 7.17. The number of fused-ring (bicyclic) bond motifs is 2. The van der Waals surface area contributed by atoms with Crippen LogP contribution in [0.25, 0.3) is 0 Å². The summed E-state index contributed by atoms with van der Waals surface area (Å²) in [5, 5.41) is 0. The van der Waals surface area contributed by atoms with E-state index in [9.17, 15) is 9.59 Å². The third kappa shape index (κ3) is 1.86. The van der Waals surface area contributed by atoms with E-state index in [1.807, 2.05) is 0 Å². The summed E-state index contributed by atoms with van der Waals surface area (Å²) in [5.41, 5.74) is 1.26. The van der Waals surface area contributed by atoms with Gasteiger partial charge in [-0.05, 0) is 62.7 Å². The van der Waals surface area contributed by atoms with E-state index in [0.29, 0.717) is 23.6 Å². The number of carbonyl (C=O) groups excluding carboxylic acids is 2. The lowest BCUT2D eigenvalue weighted by atomic mass is 9.74. The van der Waals surface area contributed by atoms with Gasteiger partial charge in [-0.2, -0.15) is 0 Å². The van der Waals surface area contributed by atoms with Crippen LogP contribution in [0.2, 0.25) is 0 Å². The zero-order chi connectivity index (χ0) is 14.6. The van der Waals surface area contributed by atoms with Crippen molar-refractivity contribution in [3.05, 3.63) is 11.1 Å². The molecule has 3 heteroatoms. The van der Waals surface area contributed by atoms with Gasteiger partial charge in [0.15, 0.2) is 0 Å². The molecule has 0 aromatic rings. The van der Waals surface area contributed by atoms with E-state index >= 15 is 0 Å². The maximum atomic E-state index is 12.1. The number of carbonyl (C=O) groups is 2. The van der Waals surface area contributed by atoms with Crippen molar-refractivity contribution in [1.82, 2.24) is 4.90 Å². The summed E-state index contributed by atoms with van der Waals surface area (Å²) in [6.45, 7) is 8.90. The van der Waals surface area contributed by atoms with Crippen LogP contribution in [0.3, 0.4) is 0 Å². The monoisotopic (exact) mass is 275 g/mol. The number of hydrogen-bond acceptors (Lipinski definition) is 2. The first-order chi connectivity index (χ1) is 9.41. The van der Waals surface area contributed by atoms with Gasteiger partial charge in [-0.3, -0.25) is 14.5 Å². The standard InChI is InChI=1S/C17H25NO2/c1-9-10(2)15-8-14(9)7-13(15)5-6-18-16(19)11(3)12(4)17(18)20/h9-10,13-15H,5-8H2,1-4H3. The quantitative estimate of drug-likeness (QED) is 0.742. The van der Waals surface area contributed by atoms with Crippen molar-refractivity contribution >= 4 is 11.8 Å². The average molecular weight is 275 g/mol. The van der Waals surface area contributed by atoms with Crippen molar-refractivity contribution in [3.63, 3.8) is 0 Å². The second-order valence-corrected chi connectivity index (χ2v) is 7.17. The molecule has 20 heavy (non-hydrogen) atoms. The molecular formula is C17H25NO2. The van der Waals surface area contributed by atoms with E-state index in [0.717, 1.165) is 30.1 Å². The van der Waals surface area contributed by atoms with Gasteiger partial charge >= 0.3 is 0 Å². The Morgan fingerprint density at radius 1 is 1.00 bits per heavy atom. The van der Waals surface area contributed by atoms with Gasteiger partial charge in [-0.1, -0.05) is 13.8 Å². The Kier molecular flexibility index (Phi) is 3.26. The number of amides is 2. The lowest BCUT2D eigenvalue weighted by Crippen LogP contribution is -2.35. The Morgan fingerprint density at radius 3 is 2.10 bits per heavy atom. The van der Waals surface area contributed by atoms with Crippen LogP contribution in [0.5, 0.6) is 0 Å². The summed E-state index contributed by atoms with van der Waals surface area (Å²) in [6.07, 6.45) is 3.67. The van der Waals surface area contributed by atoms with Crippen LogP contribution in [-0.2, 0) is 9.59 Å². The van der Waals surface area contributed by atoms with E-state index in [2.05, 4.69) is 13.8 Å². The largest absolute Gasteiger partial charge is 0.275 e. The predicted molar refractivity (Wildman–Crippen MR) is 77.7 cm³/mol. The molecule has 2 aliphatic carbocycles. The molecule has 5 unspecified atom stereocenters. The number of rotatable bonds is 3. The van der Waals surface area contributed by atoms with Crippen LogP contribution in [0.1, 0.15) is 47.0 Å². The van der Waals surface area contributed by atoms with Crippen molar-refractivity contribution in [2.45, 2.75) is 47.0 Å². The summed E-state index contributed by atoms with van der Waals surface area (Å²) < 4.78 is 0. The topological polar surface area (TPSA) is 37.4 Å². The molecule has 1 aliphatic heterocycles. The minimum absolute atomic E-state index is 0.0722. The molecule has 0 aromatic heterocycles. The summed E-state index contributed by atoms with van der Waals surface area (Å²) in [7, 11) is 0. The van der Waals surface area contributed by atoms with Crippen LogP contribution < -0.4 is 0 Å². The molecule has 3 nitrogen and oxygen atoms in total. The fourth-order valence-corrected chi connectivity index (χ4v) is 4.74. The van der Waals surface area contributed by atoms with Crippen LogP contribution >= 0.6 is 0 Å². The summed E-state index contributed by atoms with van der Waals surface area (Å²) >= 11 is 0. The van der Waals surface area contributed by atoms with Crippen LogP contribution in [-0.4, -0.2) is 23.3 Å². The molecule has 110 valence electrons. The van der Waals surface area contributed by atoms with Crippen LogP contribution in [0.15, 0.2) is 11.1 Å². The van der Waals surface area contributed by atoms with Crippen molar-refractivity contribution in [2.75, 3.05) is 6.54 Å².